The molecule has 1 aromatic heterocycles. The summed E-state index contributed by atoms with van der Waals surface area (Å²) in [4.78, 5) is 24.7. The third-order valence-corrected chi connectivity index (χ3v) is 4.12. The largest absolute Gasteiger partial charge is 0.548 e. The first-order valence-electron chi connectivity index (χ1n) is 6.98. The maximum absolute atomic E-state index is 12.1. The van der Waals surface area contributed by atoms with Gasteiger partial charge in [0, 0.05) is 6.54 Å². The number of likely N-dealkylation sites (tertiary alicyclic amines) is 1. The SMILES string of the molecule is CC(C)(C)OC(=O)N1C[C@H](Cc2ccsc2)C[C@H]1C(=O)[O-]. The third kappa shape index (κ3) is 4.20. The molecule has 0 radical (unpaired) electrons. The van der Waals surface area contributed by atoms with Crippen LogP contribution in [0, 0.1) is 5.92 Å². The van der Waals surface area contributed by atoms with Crippen molar-refractivity contribution in [3.8, 4) is 0 Å². The van der Waals surface area contributed by atoms with Gasteiger partial charge < -0.3 is 14.6 Å². The normalized spacial score (nSPS) is 22.3. The molecule has 1 aliphatic rings. The van der Waals surface area contributed by atoms with Crippen molar-refractivity contribution in [3.63, 3.8) is 0 Å². The first-order valence-corrected chi connectivity index (χ1v) is 7.92. The van der Waals surface area contributed by atoms with E-state index in [1.54, 1.807) is 32.1 Å². The van der Waals surface area contributed by atoms with Crippen LogP contribution >= 0.6 is 11.3 Å². The number of ether oxygens (including phenoxy) is 1. The predicted molar refractivity (Wildman–Crippen MR) is 77.9 cm³/mol. The molecule has 5 nitrogen and oxygen atoms in total. The Balaban J connectivity index is 2.05. The fourth-order valence-electron chi connectivity index (χ4n) is 2.56. The zero-order valence-electron chi connectivity index (χ0n) is 12.5. The summed E-state index contributed by atoms with van der Waals surface area (Å²) in [5, 5.41) is 15.3. The van der Waals surface area contributed by atoms with Gasteiger partial charge in [-0.05, 0) is 61.9 Å². The van der Waals surface area contributed by atoms with Crippen LogP contribution in [0.15, 0.2) is 16.8 Å². The molecule has 0 unspecified atom stereocenters. The number of nitrogens with zero attached hydrogens (tertiary/aromatic N) is 1. The zero-order valence-corrected chi connectivity index (χ0v) is 13.3. The van der Waals surface area contributed by atoms with Crippen molar-refractivity contribution in [2.24, 2.45) is 5.92 Å². The van der Waals surface area contributed by atoms with Crippen LogP contribution in [0.2, 0.25) is 0 Å². The molecule has 2 atom stereocenters. The Morgan fingerprint density at radius 3 is 2.71 bits per heavy atom. The van der Waals surface area contributed by atoms with Crippen LogP contribution in [0.5, 0.6) is 0 Å². The summed E-state index contributed by atoms with van der Waals surface area (Å²) < 4.78 is 5.28. The number of amides is 1. The van der Waals surface area contributed by atoms with Crippen LogP contribution in [0.25, 0.3) is 0 Å². The topological polar surface area (TPSA) is 69.7 Å². The molecular weight excluding hydrogens is 290 g/mol. The van der Waals surface area contributed by atoms with Gasteiger partial charge in [0.15, 0.2) is 0 Å². The molecule has 1 aliphatic heterocycles. The van der Waals surface area contributed by atoms with Crippen LogP contribution in [0.4, 0.5) is 4.79 Å². The van der Waals surface area contributed by atoms with E-state index in [1.165, 1.54) is 10.5 Å². The van der Waals surface area contributed by atoms with E-state index in [2.05, 4.69) is 0 Å². The van der Waals surface area contributed by atoms with Crippen LogP contribution in [-0.4, -0.2) is 35.2 Å². The summed E-state index contributed by atoms with van der Waals surface area (Å²) in [7, 11) is 0. The summed E-state index contributed by atoms with van der Waals surface area (Å²) in [5.41, 5.74) is 0.534. The lowest BCUT2D eigenvalue weighted by atomic mass is 9.98. The van der Waals surface area contributed by atoms with E-state index >= 15 is 0 Å². The summed E-state index contributed by atoms with van der Waals surface area (Å²) >= 11 is 1.61. The minimum Gasteiger partial charge on any atom is -0.548 e. The second-order valence-corrected chi connectivity index (χ2v) is 7.19. The van der Waals surface area contributed by atoms with Crippen molar-refractivity contribution in [1.82, 2.24) is 4.90 Å². The number of carbonyl (C=O) groups excluding carboxylic acids is 2. The molecule has 0 aromatic carbocycles. The highest BCUT2D eigenvalue weighted by Crippen LogP contribution is 2.28. The smallest absolute Gasteiger partial charge is 0.410 e. The number of carboxylic acids is 1. The number of hydrogen-bond donors (Lipinski definition) is 0. The van der Waals surface area contributed by atoms with E-state index in [0.717, 1.165) is 6.42 Å². The third-order valence-electron chi connectivity index (χ3n) is 3.39. The molecule has 0 N–H and O–H groups in total. The fourth-order valence-corrected chi connectivity index (χ4v) is 3.24. The van der Waals surface area contributed by atoms with Crippen LogP contribution < -0.4 is 5.11 Å². The van der Waals surface area contributed by atoms with Crippen molar-refractivity contribution >= 4 is 23.4 Å². The number of carboxylic acid groups (broad SMARTS) is 1. The lowest BCUT2D eigenvalue weighted by molar-refractivity contribution is -0.310. The Morgan fingerprint density at radius 2 is 2.19 bits per heavy atom. The second-order valence-electron chi connectivity index (χ2n) is 6.40. The molecule has 0 saturated carbocycles. The van der Waals surface area contributed by atoms with Crippen molar-refractivity contribution in [2.75, 3.05) is 6.54 Å². The zero-order chi connectivity index (χ0) is 15.6. The number of thiophene rings is 1. The Labute approximate surface area is 128 Å². The first-order chi connectivity index (χ1) is 9.76. The summed E-state index contributed by atoms with van der Waals surface area (Å²) in [6, 6.07) is 1.12. The van der Waals surface area contributed by atoms with Gasteiger partial charge in [-0.2, -0.15) is 11.3 Å². The Bertz CT molecular complexity index is 506. The van der Waals surface area contributed by atoms with Crippen molar-refractivity contribution in [3.05, 3.63) is 22.4 Å². The van der Waals surface area contributed by atoms with E-state index in [0.29, 0.717) is 13.0 Å². The highest BCUT2D eigenvalue weighted by molar-refractivity contribution is 7.07. The van der Waals surface area contributed by atoms with Crippen molar-refractivity contribution < 1.29 is 19.4 Å². The second kappa shape index (κ2) is 6.05. The maximum atomic E-state index is 12.1. The molecule has 0 spiro atoms. The standard InChI is InChI=1S/C15H21NO4S/c1-15(2,3)20-14(19)16-8-11(7-12(16)13(17)18)6-10-4-5-21-9-10/h4-5,9,11-12H,6-8H2,1-3H3,(H,17,18)/p-1/t11-,12+/m1/s1. The number of hydrogen-bond acceptors (Lipinski definition) is 5. The lowest BCUT2D eigenvalue weighted by Crippen LogP contribution is -2.48. The van der Waals surface area contributed by atoms with E-state index < -0.39 is 23.7 Å². The molecule has 2 heterocycles. The van der Waals surface area contributed by atoms with Crippen molar-refractivity contribution in [2.45, 2.75) is 45.3 Å². The maximum Gasteiger partial charge on any atom is 0.410 e. The molecule has 1 fully saturated rings. The molecule has 0 bridgehead atoms. The van der Waals surface area contributed by atoms with Gasteiger partial charge in [0.2, 0.25) is 0 Å². The lowest BCUT2D eigenvalue weighted by Gasteiger charge is -2.28. The van der Waals surface area contributed by atoms with Crippen LogP contribution in [0.3, 0.4) is 0 Å². The van der Waals surface area contributed by atoms with E-state index in [4.69, 9.17) is 4.74 Å². The average Bonchev–Trinajstić information content (AvgIpc) is 2.96. The highest BCUT2D eigenvalue weighted by atomic mass is 32.1. The molecule has 21 heavy (non-hydrogen) atoms. The van der Waals surface area contributed by atoms with Gasteiger partial charge in [0.25, 0.3) is 0 Å². The summed E-state index contributed by atoms with van der Waals surface area (Å²) in [5.74, 6) is -1.09. The Hall–Kier alpha value is -1.56. The molecule has 6 heteroatoms. The molecule has 1 amide bonds. The molecule has 116 valence electrons. The van der Waals surface area contributed by atoms with Crippen LogP contribution in [0.1, 0.15) is 32.8 Å². The molecule has 2 rings (SSSR count). The first kappa shape index (κ1) is 15.8. The molecule has 1 saturated heterocycles. The summed E-state index contributed by atoms with van der Waals surface area (Å²) in [6.45, 7) is 5.68. The van der Waals surface area contributed by atoms with Gasteiger partial charge in [-0.1, -0.05) is 0 Å². The highest BCUT2D eigenvalue weighted by Gasteiger charge is 2.38. The Morgan fingerprint density at radius 1 is 1.48 bits per heavy atom. The Kier molecular flexibility index (Phi) is 4.56. The summed E-state index contributed by atoms with van der Waals surface area (Å²) in [6.07, 6.45) is 0.605. The monoisotopic (exact) mass is 310 g/mol. The van der Waals surface area contributed by atoms with Crippen LogP contribution in [-0.2, 0) is 16.0 Å². The van der Waals surface area contributed by atoms with Crippen molar-refractivity contribution in [1.29, 1.82) is 0 Å². The van der Waals surface area contributed by atoms with Gasteiger partial charge in [0.05, 0.1) is 12.0 Å². The quantitative estimate of drug-likeness (QED) is 0.851. The van der Waals surface area contributed by atoms with E-state index in [1.807, 2.05) is 16.8 Å². The predicted octanol–water partition coefficient (Wildman–Crippen LogP) is 1.67. The molecule has 1 aromatic rings. The molecular formula is C15H20NO4S-. The fraction of sp³-hybridized carbons (Fsp3) is 0.600. The number of carbonyl (C=O) groups is 2. The molecule has 0 aliphatic carbocycles. The minimum absolute atomic E-state index is 0.120. The van der Waals surface area contributed by atoms with E-state index in [-0.39, 0.29) is 5.92 Å². The van der Waals surface area contributed by atoms with Gasteiger partial charge in [0.1, 0.15) is 5.60 Å². The minimum atomic E-state index is -1.21. The van der Waals surface area contributed by atoms with Gasteiger partial charge in [-0.15, -0.1) is 0 Å². The van der Waals surface area contributed by atoms with Gasteiger partial charge in [-0.25, -0.2) is 4.79 Å². The van der Waals surface area contributed by atoms with E-state index in [9.17, 15) is 14.7 Å². The van der Waals surface area contributed by atoms with Gasteiger partial charge in [-0.3, -0.25) is 4.90 Å². The number of aliphatic carboxylic acids is 1. The van der Waals surface area contributed by atoms with Gasteiger partial charge >= 0.3 is 6.09 Å². The number of rotatable bonds is 3. The average molecular weight is 310 g/mol.